The van der Waals surface area contributed by atoms with E-state index in [4.69, 9.17) is 0 Å². The van der Waals surface area contributed by atoms with Crippen LogP contribution in [0.3, 0.4) is 0 Å². The summed E-state index contributed by atoms with van der Waals surface area (Å²) < 4.78 is 52.3. The van der Waals surface area contributed by atoms with Gasteiger partial charge in [0.25, 0.3) is 0 Å². The number of hydrogen-bond acceptors (Lipinski definition) is 2. The van der Waals surface area contributed by atoms with Crippen molar-refractivity contribution in [1.29, 1.82) is 0 Å². The van der Waals surface area contributed by atoms with E-state index in [2.05, 4.69) is 4.98 Å². The number of hydrogen-bond donors (Lipinski definition) is 1. The summed E-state index contributed by atoms with van der Waals surface area (Å²) in [7, 11) is 0. The predicted octanol–water partition coefficient (Wildman–Crippen LogP) is 4.38. The van der Waals surface area contributed by atoms with E-state index in [0.717, 1.165) is 0 Å². The monoisotopic (exact) mass is 364 g/mol. The van der Waals surface area contributed by atoms with Crippen LogP contribution in [0.1, 0.15) is 17.2 Å². The van der Waals surface area contributed by atoms with Gasteiger partial charge in [0.2, 0.25) is 0 Å². The van der Waals surface area contributed by atoms with Gasteiger partial charge in [0, 0.05) is 18.0 Å². The van der Waals surface area contributed by atoms with Gasteiger partial charge in [-0.3, -0.25) is 0 Å². The fraction of sp³-hybridized carbons (Fsp3) is 0.211. The lowest BCUT2D eigenvalue weighted by atomic mass is 10.1. The molecule has 0 aliphatic carbocycles. The van der Waals surface area contributed by atoms with E-state index in [1.807, 2.05) is 0 Å². The van der Waals surface area contributed by atoms with E-state index in [9.17, 15) is 22.7 Å². The number of alkyl halides is 3. The molecule has 0 saturated heterocycles. The van der Waals surface area contributed by atoms with Crippen molar-refractivity contribution in [3.63, 3.8) is 0 Å². The van der Waals surface area contributed by atoms with Crippen molar-refractivity contribution in [2.45, 2.75) is 18.6 Å². The second-order valence-corrected chi connectivity index (χ2v) is 5.90. The minimum absolute atomic E-state index is 0.164. The molecule has 7 heteroatoms. The van der Waals surface area contributed by atoms with Crippen LogP contribution in [0.2, 0.25) is 0 Å². The summed E-state index contributed by atoms with van der Waals surface area (Å²) >= 11 is 0. The second kappa shape index (κ2) is 7.29. The molecule has 0 saturated carbocycles. The van der Waals surface area contributed by atoms with Gasteiger partial charge in [0.15, 0.2) is 0 Å². The third-order valence-electron chi connectivity index (χ3n) is 4.05. The van der Waals surface area contributed by atoms with Crippen molar-refractivity contribution in [1.82, 2.24) is 9.55 Å². The molecule has 3 nitrogen and oxygen atoms in total. The molecule has 1 aromatic heterocycles. The summed E-state index contributed by atoms with van der Waals surface area (Å²) in [5.74, 6) is 0.128. The number of rotatable bonds is 5. The maximum atomic E-state index is 13.1. The number of nitrogens with zero attached hydrogens (tertiary/aromatic N) is 2. The van der Waals surface area contributed by atoms with Gasteiger partial charge in [-0.25, -0.2) is 9.37 Å². The Bertz CT molecular complexity index is 854. The second-order valence-electron chi connectivity index (χ2n) is 5.90. The number of halogens is 4. The number of imidazole rings is 1. The maximum Gasteiger partial charge on any atom is 0.393 e. The molecule has 0 radical (unpaired) electrons. The molecule has 0 amide bonds. The quantitative estimate of drug-likeness (QED) is 0.683. The Balaban J connectivity index is 1.91. The van der Waals surface area contributed by atoms with Crippen LogP contribution < -0.4 is 0 Å². The van der Waals surface area contributed by atoms with E-state index in [-0.39, 0.29) is 18.0 Å². The average molecular weight is 364 g/mol. The number of aliphatic hydroxyl groups excluding tert-OH is 1. The fourth-order valence-corrected chi connectivity index (χ4v) is 2.83. The maximum absolute atomic E-state index is 13.1. The SMILES string of the molecule is OCC(c1ccc(F)cc1)n1ccnc1-c1ccc(CC(F)(F)F)cc1. The van der Waals surface area contributed by atoms with Crippen LogP contribution in [-0.2, 0) is 6.42 Å². The lowest BCUT2D eigenvalue weighted by Crippen LogP contribution is -2.15. The zero-order chi connectivity index (χ0) is 18.7. The van der Waals surface area contributed by atoms with Crippen molar-refractivity contribution < 1.29 is 22.7 Å². The first kappa shape index (κ1) is 18.1. The Kier molecular flexibility index (Phi) is 5.08. The molecule has 0 aliphatic rings. The third kappa shape index (κ3) is 4.11. The molecule has 0 spiro atoms. The van der Waals surface area contributed by atoms with Crippen LogP contribution >= 0.6 is 0 Å². The number of benzene rings is 2. The fourth-order valence-electron chi connectivity index (χ4n) is 2.83. The first-order valence-electron chi connectivity index (χ1n) is 7.92. The van der Waals surface area contributed by atoms with Crippen molar-refractivity contribution in [3.05, 3.63) is 77.9 Å². The summed E-state index contributed by atoms with van der Waals surface area (Å²) in [6.45, 7) is -0.235. The topological polar surface area (TPSA) is 38.0 Å². The molecule has 1 atom stereocenters. The lowest BCUT2D eigenvalue weighted by Gasteiger charge is -2.19. The Morgan fingerprint density at radius 2 is 1.65 bits per heavy atom. The summed E-state index contributed by atoms with van der Waals surface area (Å²) in [4.78, 5) is 4.26. The van der Waals surface area contributed by atoms with E-state index in [1.165, 1.54) is 24.3 Å². The molecule has 1 heterocycles. The highest BCUT2D eigenvalue weighted by molar-refractivity contribution is 5.56. The Hall–Kier alpha value is -2.67. The van der Waals surface area contributed by atoms with E-state index in [0.29, 0.717) is 17.0 Å². The van der Waals surface area contributed by atoms with Gasteiger partial charge in [-0.05, 0) is 23.3 Å². The molecule has 26 heavy (non-hydrogen) atoms. The van der Waals surface area contributed by atoms with E-state index >= 15 is 0 Å². The van der Waals surface area contributed by atoms with Crippen LogP contribution in [0.15, 0.2) is 60.9 Å². The standard InChI is InChI=1S/C19H16F4N2O/c20-16-7-5-14(6-8-16)17(12-26)25-10-9-24-18(25)15-3-1-13(2-4-15)11-19(21,22)23/h1-10,17,26H,11-12H2. The molecule has 1 N–H and O–H groups in total. The first-order chi connectivity index (χ1) is 12.4. The summed E-state index contributed by atoms with van der Waals surface area (Å²) in [5.41, 5.74) is 1.49. The largest absolute Gasteiger partial charge is 0.394 e. The molecular weight excluding hydrogens is 348 g/mol. The van der Waals surface area contributed by atoms with Crippen LogP contribution in [0.5, 0.6) is 0 Å². The highest BCUT2D eigenvalue weighted by atomic mass is 19.4. The molecule has 1 unspecified atom stereocenters. The Morgan fingerprint density at radius 1 is 1.00 bits per heavy atom. The molecule has 2 aromatic carbocycles. The highest BCUT2D eigenvalue weighted by Crippen LogP contribution is 2.27. The van der Waals surface area contributed by atoms with Gasteiger partial charge in [0.05, 0.1) is 19.1 Å². The molecule has 3 aromatic rings. The Labute approximate surface area is 147 Å². The van der Waals surface area contributed by atoms with E-state index < -0.39 is 18.6 Å². The lowest BCUT2D eigenvalue weighted by molar-refractivity contribution is -0.127. The van der Waals surface area contributed by atoms with Crippen LogP contribution in [-0.4, -0.2) is 27.4 Å². The van der Waals surface area contributed by atoms with Gasteiger partial charge in [-0.1, -0.05) is 36.4 Å². The minimum atomic E-state index is -4.26. The summed E-state index contributed by atoms with van der Waals surface area (Å²) in [6, 6.07) is 11.2. The summed E-state index contributed by atoms with van der Waals surface area (Å²) in [6.07, 6.45) is -2.03. The van der Waals surface area contributed by atoms with Gasteiger partial charge in [-0.15, -0.1) is 0 Å². The first-order valence-corrected chi connectivity index (χ1v) is 7.92. The molecular formula is C19H16F4N2O. The van der Waals surface area contributed by atoms with Crippen molar-refractivity contribution in [2.75, 3.05) is 6.61 Å². The molecule has 0 aliphatic heterocycles. The van der Waals surface area contributed by atoms with Crippen molar-refractivity contribution in [3.8, 4) is 11.4 Å². The minimum Gasteiger partial charge on any atom is -0.394 e. The molecule has 0 bridgehead atoms. The van der Waals surface area contributed by atoms with E-state index in [1.54, 1.807) is 41.2 Å². The van der Waals surface area contributed by atoms with Crippen LogP contribution in [0.4, 0.5) is 17.6 Å². The van der Waals surface area contributed by atoms with Crippen LogP contribution in [0.25, 0.3) is 11.4 Å². The van der Waals surface area contributed by atoms with Gasteiger partial charge < -0.3 is 9.67 Å². The van der Waals surface area contributed by atoms with Crippen LogP contribution in [0, 0.1) is 5.82 Å². The third-order valence-corrected chi connectivity index (χ3v) is 4.05. The number of aliphatic hydroxyl groups is 1. The Morgan fingerprint density at radius 3 is 2.23 bits per heavy atom. The van der Waals surface area contributed by atoms with Crippen molar-refractivity contribution >= 4 is 0 Å². The van der Waals surface area contributed by atoms with Crippen molar-refractivity contribution in [2.24, 2.45) is 0 Å². The smallest absolute Gasteiger partial charge is 0.393 e. The van der Waals surface area contributed by atoms with Gasteiger partial charge >= 0.3 is 6.18 Å². The van der Waals surface area contributed by atoms with Gasteiger partial charge in [-0.2, -0.15) is 13.2 Å². The number of aromatic nitrogens is 2. The normalized spacial score (nSPS) is 13.0. The molecule has 0 fully saturated rings. The average Bonchev–Trinajstić information content (AvgIpc) is 3.06. The van der Waals surface area contributed by atoms with Gasteiger partial charge in [0.1, 0.15) is 11.6 Å². The zero-order valence-corrected chi connectivity index (χ0v) is 13.6. The highest BCUT2D eigenvalue weighted by Gasteiger charge is 2.27. The summed E-state index contributed by atoms with van der Waals surface area (Å²) in [5, 5.41) is 9.80. The molecule has 136 valence electrons. The zero-order valence-electron chi connectivity index (χ0n) is 13.6. The molecule has 3 rings (SSSR count). The predicted molar refractivity (Wildman–Crippen MR) is 89.0 cm³/mol.